The molecule has 1 fully saturated rings. The fourth-order valence-electron chi connectivity index (χ4n) is 1.93. The number of ether oxygens (including phenoxy) is 1. The molecule has 2 heterocycles. The van der Waals surface area contributed by atoms with Crippen LogP contribution in [0.2, 0.25) is 0 Å². The standard InChI is InChI=1S/C12H17NO3S/c1-8-3-4-17-11(8)12(15)13-5-10(6-14)16-7-9(13)2/h3-4,9-10,14H,5-7H2,1-2H3. The van der Waals surface area contributed by atoms with E-state index in [0.717, 1.165) is 10.4 Å². The molecule has 1 aliphatic heterocycles. The molecule has 0 radical (unpaired) electrons. The third-order valence-electron chi connectivity index (χ3n) is 3.03. The van der Waals surface area contributed by atoms with Gasteiger partial charge in [0.25, 0.3) is 5.91 Å². The number of aryl methyl sites for hydroxylation is 1. The molecule has 2 rings (SSSR count). The van der Waals surface area contributed by atoms with Crippen molar-refractivity contribution in [3.05, 3.63) is 21.9 Å². The van der Waals surface area contributed by atoms with Crippen LogP contribution < -0.4 is 0 Å². The maximum Gasteiger partial charge on any atom is 0.264 e. The molecular formula is C12H17NO3S. The lowest BCUT2D eigenvalue weighted by molar-refractivity contribution is -0.0666. The van der Waals surface area contributed by atoms with E-state index in [2.05, 4.69) is 0 Å². The predicted molar refractivity (Wildman–Crippen MR) is 66.4 cm³/mol. The molecule has 2 atom stereocenters. The van der Waals surface area contributed by atoms with Gasteiger partial charge in [0.1, 0.15) is 0 Å². The van der Waals surface area contributed by atoms with E-state index in [9.17, 15) is 4.79 Å². The van der Waals surface area contributed by atoms with Crippen LogP contribution in [0.1, 0.15) is 22.2 Å². The van der Waals surface area contributed by atoms with Crippen molar-refractivity contribution in [1.29, 1.82) is 0 Å². The Morgan fingerprint density at radius 2 is 2.47 bits per heavy atom. The second-order valence-electron chi connectivity index (χ2n) is 4.38. The maximum atomic E-state index is 12.4. The first-order valence-electron chi connectivity index (χ1n) is 5.71. The van der Waals surface area contributed by atoms with Gasteiger partial charge in [-0.1, -0.05) is 0 Å². The van der Waals surface area contributed by atoms with Gasteiger partial charge in [-0.2, -0.15) is 0 Å². The smallest absolute Gasteiger partial charge is 0.264 e. The molecule has 0 bridgehead atoms. The predicted octanol–water partition coefficient (Wildman–Crippen LogP) is 1.28. The molecule has 1 aliphatic rings. The van der Waals surface area contributed by atoms with E-state index in [1.807, 2.05) is 25.3 Å². The van der Waals surface area contributed by atoms with Gasteiger partial charge >= 0.3 is 0 Å². The Morgan fingerprint density at radius 3 is 3.06 bits per heavy atom. The highest BCUT2D eigenvalue weighted by atomic mass is 32.1. The summed E-state index contributed by atoms with van der Waals surface area (Å²) < 4.78 is 5.43. The Balaban J connectivity index is 2.15. The van der Waals surface area contributed by atoms with Crippen molar-refractivity contribution in [3.8, 4) is 0 Å². The topological polar surface area (TPSA) is 49.8 Å². The number of hydrogen-bond donors (Lipinski definition) is 1. The number of aliphatic hydroxyl groups is 1. The minimum absolute atomic E-state index is 0.0417. The highest BCUT2D eigenvalue weighted by molar-refractivity contribution is 7.12. The van der Waals surface area contributed by atoms with Crippen LogP contribution in [0.25, 0.3) is 0 Å². The second-order valence-corrected chi connectivity index (χ2v) is 5.29. The van der Waals surface area contributed by atoms with Crippen LogP contribution in [0.3, 0.4) is 0 Å². The molecule has 0 aromatic carbocycles. The lowest BCUT2D eigenvalue weighted by Crippen LogP contribution is -2.51. The van der Waals surface area contributed by atoms with Gasteiger partial charge < -0.3 is 14.7 Å². The van der Waals surface area contributed by atoms with Crippen molar-refractivity contribution < 1.29 is 14.6 Å². The zero-order chi connectivity index (χ0) is 12.4. The molecular weight excluding hydrogens is 238 g/mol. The summed E-state index contributed by atoms with van der Waals surface area (Å²) in [4.78, 5) is 14.9. The molecule has 2 unspecified atom stereocenters. The summed E-state index contributed by atoms with van der Waals surface area (Å²) in [6, 6.07) is 2.01. The monoisotopic (exact) mass is 255 g/mol. The highest BCUT2D eigenvalue weighted by Gasteiger charge is 2.30. The third-order valence-corrected chi connectivity index (χ3v) is 4.03. The molecule has 1 aromatic rings. The second kappa shape index (κ2) is 5.16. The number of carbonyl (C=O) groups is 1. The zero-order valence-corrected chi connectivity index (χ0v) is 10.9. The molecule has 94 valence electrons. The number of nitrogens with zero attached hydrogens (tertiary/aromatic N) is 1. The van der Waals surface area contributed by atoms with Crippen molar-refractivity contribution in [1.82, 2.24) is 4.90 Å². The molecule has 1 saturated heterocycles. The van der Waals surface area contributed by atoms with Crippen LogP contribution in [0, 0.1) is 6.92 Å². The van der Waals surface area contributed by atoms with Crippen LogP contribution in [0.4, 0.5) is 0 Å². The molecule has 0 saturated carbocycles. The van der Waals surface area contributed by atoms with E-state index in [4.69, 9.17) is 9.84 Å². The van der Waals surface area contributed by atoms with Gasteiger partial charge in [-0.15, -0.1) is 11.3 Å². The molecule has 1 N–H and O–H groups in total. The van der Waals surface area contributed by atoms with Gasteiger partial charge in [-0.3, -0.25) is 4.79 Å². The summed E-state index contributed by atoms with van der Waals surface area (Å²) in [7, 11) is 0. The van der Waals surface area contributed by atoms with Gasteiger partial charge in [0.2, 0.25) is 0 Å². The average molecular weight is 255 g/mol. The van der Waals surface area contributed by atoms with Crippen LogP contribution >= 0.6 is 11.3 Å². The Kier molecular flexibility index (Phi) is 3.81. The van der Waals surface area contributed by atoms with Gasteiger partial charge in [0.15, 0.2) is 0 Å². The molecule has 1 amide bonds. The minimum atomic E-state index is -0.254. The Morgan fingerprint density at radius 1 is 1.71 bits per heavy atom. The molecule has 1 aromatic heterocycles. The fraction of sp³-hybridized carbons (Fsp3) is 0.583. The normalized spacial score (nSPS) is 25.0. The van der Waals surface area contributed by atoms with Crippen molar-refractivity contribution in [2.45, 2.75) is 26.0 Å². The summed E-state index contributed by atoms with van der Waals surface area (Å²) in [5, 5.41) is 11.0. The SMILES string of the molecule is Cc1ccsc1C(=O)N1CC(CO)OCC1C. The number of rotatable bonds is 2. The van der Waals surface area contributed by atoms with E-state index >= 15 is 0 Å². The van der Waals surface area contributed by atoms with Crippen molar-refractivity contribution in [2.24, 2.45) is 0 Å². The van der Waals surface area contributed by atoms with E-state index in [0.29, 0.717) is 13.2 Å². The van der Waals surface area contributed by atoms with E-state index in [1.165, 1.54) is 11.3 Å². The fourth-order valence-corrected chi connectivity index (χ4v) is 2.81. The minimum Gasteiger partial charge on any atom is -0.394 e. The van der Waals surface area contributed by atoms with Gasteiger partial charge in [0, 0.05) is 6.54 Å². The lowest BCUT2D eigenvalue weighted by Gasteiger charge is -2.37. The first-order chi connectivity index (χ1) is 8.13. The van der Waals surface area contributed by atoms with E-state index in [-0.39, 0.29) is 24.7 Å². The average Bonchev–Trinajstić information content (AvgIpc) is 2.75. The summed E-state index contributed by atoms with van der Waals surface area (Å²) in [5.74, 6) is 0.0479. The van der Waals surface area contributed by atoms with Crippen LogP contribution in [0.15, 0.2) is 11.4 Å². The number of hydrogen-bond acceptors (Lipinski definition) is 4. The Labute approximate surface area is 105 Å². The molecule has 17 heavy (non-hydrogen) atoms. The largest absolute Gasteiger partial charge is 0.394 e. The number of thiophene rings is 1. The van der Waals surface area contributed by atoms with Crippen LogP contribution in [0.5, 0.6) is 0 Å². The Hall–Kier alpha value is -0.910. The highest BCUT2D eigenvalue weighted by Crippen LogP contribution is 2.21. The van der Waals surface area contributed by atoms with E-state index < -0.39 is 0 Å². The first-order valence-corrected chi connectivity index (χ1v) is 6.59. The number of aliphatic hydroxyl groups excluding tert-OH is 1. The van der Waals surface area contributed by atoms with E-state index in [1.54, 1.807) is 4.90 Å². The van der Waals surface area contributed by atoms with Crippen molar-refractivity contribution in [3.63, 3.8) is 0 Å². The quantitative estimate of drug-likeness (QED) is 0.866. The van der Waals surface area contributed by atoms with Gasteiger partial charge in [-0.05, 0) is 30.9 Å². The Bertz CT molecular complexity index is 404. The van der Waals surface area contributed by atoms with Crippen molar-refractivity contribution in [2.75, 3.05) is 19.8 Å². The maximum absolute atomic E-state index is 12.4. The molecule has 0 aliphatic carbocycles. The number of morpholine rings is 1. The number of carbonyl (C=O) groups excluding carboxylic acids is 1. The molecule has 0 spiro atoms. The van der Waals surface area contributed by atoms with Crippen LogP contribution in [-0.2, 0) is 4.74 Å². The van der Waals surface area contributed by atoms with Gasteiger partial charge in [0.05, 0.1) is 30.2 Å². The summed E-state index contributed by atoms with van der Waals surface area (Å²) in [6.45, 7) is 4.82. The van der Waals surface area contributed by atoms with Gasteiger partial charge in [-0.25, -0.2) is 0 Å². The summed E-state index contributed by atoms with van der Waals surface area (Å²) in [5.41, 5.74) is 1.01. The zero-order valence-electron chi connectivity index (χ0n) is 10.0. The summed E-state index contributed by atoms with van der Waals surface area (Å²) >= 11 is 1.47. The molecule has 5 heteroatoms. The van der Waals surface area contributed by atoms with Crippen LogP contribution in [-0.4, -0.2) is 47.8 Å². The summed E-state index contributed by atoms with van der Waals surface area (Å²) in [6.07, 6.45) is -0.254. The lowest BCUT2D eigenvalue weighted by atomic mass is 10.1. The van der Waals surface area contributed by atoms with Crippen molar-refractivity contribution >= 4 is 17.2 Å². The molecule has 4 nitrogen and oxygen atoms in total. The third kappa shape index (κ3) is 2.51. The number of amides is 1. The first kappa shape index (κ1) is 12.5.